The molecule has 0 spiro atoms. The summed E-state index contributed by atoms with van der Waals surface area (Å²) in [5.74, 6) is 0.290. The third kappa shape index (κ3) is 1.22. The highest BCUT2D eigenvalue weighted by atomic mass is 16.2. The van der Waals surface area contributed by atoms with E-state index in [-0.39, 0.29) is 0 Å². The van der Waals surface area contributed by atoms with Gasteiger partial charge in [-0.15, -0.1) is 0 Å². The maximum Gasteiger partial charge on any atom is 0.237 e. The number of piperazine rings is 1. The third-order valence-electron chi connectivity index (χ3n) is 2.97. The average Bonchev–Trinajstić information content (AvgIpc) is 2.04. The van der Waals surface area contributed by atoms with Gasteiger partial charge in [0.1, 0.15) is 0 Å². The second kappa shape index (κ2) is 3.05. The number of nitrogens with zero attached hydrogens (tertiary/aromatic N) is 1. The van der Waals surface area contributed by atoms with Crippen molar-refractivity contribution in [1.29, 1.82) is 0 Å². The van der Waals surface area contributed by atoms with E-state index in [0.717, 1.165) is 6.54 Å². The van der Waals surface area contributed by atoms with Gasteiger partial charge in [0.15, 0.2) is 0 Å². The van der Waals surface area contributed by atoms with Gasteiger partial charge in [0.2, 0.25) is 5.91 Å². The Morgan fingerprint density at radius 2 is 2.33 bits per heavy atom. The first-order valence-corrected chi connectivity index (χ1v) is 4.81. The number of hydrogen-bond acceptors (Lipinski definition) is 2. The van der Waals surface area contributed by atoms with Crippen molar-refractivity contribution in [2.24, 2.45) is 0 Å². The number of rotatable bonds is 0. The molecule has 1 amide bonds. The van der Waals surface area contributed by atoms with Crippen LogP contribution in [0.25, 0.3) is 0 Å². The van der Waals surface area contributed by atoms with Gasteiger partial charge in [0.05, 0.1) is 6.54 Å². The molecule has 0 aromatic carbocycles. The van der Waals surface area contributed by atoms with Crippen molar-refractivity contribution in [2.45, 2.75) is 38.3 Å². The molecule has 0 aromatic heterocycles. The molecule has 0 aliphatic carbocycles. The minimum atomic E-state index is 0.290. The largest absolute Gasteiger partial charge is 0.335 e. The molecule has 0 aromatic rings. The Morgan fingerprint density at radius 1 is 1.50 bits per heavy atom. The number of fused-ring (bicyclic) bond motifs is 1. The summed E-state index contributed by atoms with van der Waals surface area (Å²) in [5.41, 5.74) is 0. The van der Waals surface area contributed by atoms with Crippen LogP contribution in [0.3, 0.4) is 0 Å². The van der Waals surface area contributed by atoms with Crippen LogP contribution in [0.5, 0.6) is 0 Å². The Bertz CT molecular complexity index is 191. The molecule has 68 valence electrons. The lowest BCUT2D eigenvalue weighted by molar-refractivity contribution is -0.139. The van der Waals surface area contributed by atoms with Crippen molar-refractivity contribution in [3.05, 3.63) is 0 Å². The molecule has 2 rings (SSSR count). The predicted molar refractivity (Wildman–Crippen MR) is 46.8 cm³/mol. The van der Waals surface area contributed by atoms with Crippen LogP contribution in [-0.2, 0) is 4.79 Å². The minimum Gasteiger partial charge on any atom is -0.335 e. The molecule has 2 aliphatic heterocycles. The van der Waals surface area contributed by atoms with Crippen LogP contribution in [0.4, 0.5) is 0 Å². The van der Waals surface area contributed by atoms with Gasteiger partial charge in [-0.1, -0.05) is 0 Å². The van der Waals surface area contributed by atoms with Gasteiger partial charge in [-0.3, -0.25) is 4.79 Å². The smallest absolute Gasteiger partial charge is 0.237 e. The lowest BCUT2D eigenvalue weighted by Crippen LogP contribution is -2.59. The molecule has 2 fully saturated rings. The summed E-state index contributed by atoms with van der Waals surface area (Å²) in [6.07, 6.45) is 3.64. The lowest BCUT2D eigenvalue weighted by Gasteiger charge is -2.43. The van der Waals surface area contributed by atoms with E-state index in [0.29, 0.717) is 24.5 Å². The van der Waals surface area contributed by atoms with E-state index in [4.69, 9.17) is 0 Å². The molecule has 3 heteroatoms. The molecule has 0 bridgehead atoms. The zero-order chi connectivity index (χ0) is 8.55. The highest BCUT2D eigenvalue weighted by Gasteiger charge is 2.33. The number of carbonyl (C=O) groups is 1. The summed E-state index contributed by atoms with van der Waals surface area (Å²) < 4.78 is 0. The molecule has 2 atom stereocenters. The first-order valence-electron chi connectivity index (χ1n) is 4.81. The van der Waals surface area contributed by atoms with Crippen molar-refractivity contribution in [3.63, 3.8) is 0 Å². The van der Waals surface area contributed by atoms with E-state index in [1.54, 1.807) is 0 Å². The maximum absolute atomic E-state index is 11.5. The predicted octanol–water partition coefficient (Wildman–Crippen LogP) is 0.359. The second-order valence-electron chi connectivity index (χ2n) is 3.87. The number of piperidine rings is 1. The number of nitrogens with one attached hydrogen (secondary N) is 1. The molecule has 0 saturated carbocycles. The summed E-state index contributed by atoms with van der Waals surface area (Å²) in [6, 6.07) is 0.952. The van der Waals surface area contributed by atoms with Crippen LogP contribution >= 0.6 is 0 Å². The van der Waals surface area contributed by atoms with E-state index in [2.05, 4.69) is 17.1 Å². The van der Waals surface area contributed by atoms with Crippen LogP contribution in [0.2, 0.25) is 0 Å². The summed E-state index contributed by atoms with van der Waals surface area (Å²) in [4.78, 5) is 13.6. The maximum atomic E-state index is 11.5. The molecule has 2 unspecified atom stereocenters. The molecule has 1 N–H and O–H groups in total. The van der Waals surface area contributed by atoms with Crippen LogP contribution in [0.15, 0.2) is 0 Å². The molecule has 0 radical (unpaired) electrons. The molecule has 2 heterocycles. The molecule has 2 aliphatic rings. The van der Waals surface area contributed by atoms with E-state index >= 15 is 0 Å². The fraction of sp³-hybridized carbons (Fsp3) is 0.889. The fourth-order valence-electron chi connectivity index (χ4n) is 2.37. The number of amides is 1. The van der Waals surface area contributed by atoms with E-state index in [1.165, 1.54) is 19.3 Å². The molecule has 12 heavy (non-hydrogen) atoms. The van der Waals surface area contributed by atoms with Crippen molar-refractivity contribution < 1.29 is 4.79 Å². The lowest BCUT2D eigenvalue weighted by atomic mass is 9.95. The van der Waals surface area contributed by atoms with Crippen molar-refractivity contribution >= 4 is 5.91 Å². The average molecular weight is 168 g/mol. The third-order valence-corrected chi connectivity index (χ3v) is 2.97. The van der Waals surface area contributed by atoms with Gasteiger partial charge in [0, 0.05) is 18.6 Å². The highest BCUT2D eigenvalue weighted by molar-refractivity contribution is 5.79. The van der Waals surface area contributed by atoms with Crippen LogP contribution in [-0.4, -0.2) is 36.0 Å². The molecule has 3 nitrogen and oxygen atoms in total. The van der Waals surface area contributed by atoms with Gasteiger partial charge in [0.25, 0.3) is 0 Å². The number of carbonyl (C=O) groups excluding carboxylic acids is 1. The summed E-state index contributed by atoms with van der Waals surface area (Å²) in [6.45, 7) is 3.70. The minimum absolute atomic E-state index is 0.290. The monoisotopic (exact) mass is 168 g/mol. The first kappa shape index (κ1) is 8.05. The Labute approximate surface area is 73.1 Å². The highest BCUT2D eigenvalue weighted by Crippen LogP contribution is 2.23. The standard InChI is InChI=1S/C9H16N2O/c1-7-3-2-4-8-5-10-6-9(12)11(7)8/h7-8,10H,2-6H2,1H3. The van der Waals surface area contributed by atoms with Crippen molar-refractivity contribution in [1.82, 2.24) is 10.2 Å². The Kier molecular flexibility index (Phi) is 2.05. The summed E-state index contributed by atoms with van der Waals surface area (Å²) in [5, 5.41) is 3.16. The molecule has 2 saturated heterocycles. The van der Waals surface area contributed by atoms with Crippen LogP contribution < -0.4 is 5.32 Å². The first-order chi connectivity index (χ1) is 5.79. The Morgan fingerprint density at radius 3 is 3.08 bits per heavy atom. The van der Waals surface area contributed by atoms with Gasteiger partial charge in [-0.25, -0.2) is 0 Å². The van der Waals surface area contributed by atoms with Gasteiger partial charge < -0.3 is 10.2 Å². The van der Waals surface area contributed by atoms with E-state index < -0.39 is 0 Å². The quantitative estimate of drug-likeness (QED) is 0.566. The Hall–Kier alpha value is -0.570. The zero-order valence-corrected chi connectivity index (χ0v) is 7.55. The van der Waals surface area contributed by atoms with Crippen LogP contribution in [0.1, 0.15) is 26.2 Å². The van der Waals surface area contributed by atoms with Crippen molar-refractivity contribution in [3.8, 4) is 0 Å². The molecular formula is C9H16N2O. The fourth-order valence-corrected chi connectivity index (χ4v) is 2.37. The van der Waals surface area contributed by atoms with Gasteiger partial charge in [-0.2, -0.15) is 0 Å². The van der Waals surface area contributed by atoms with E-state index in [9.17, 15) is 4.79 Å². The SMILES string of the molecule is CC1CCCC2CNCC(=O)N12. The van der Waals surface area contributed by atoms with E-state index in [1.807, 2.05) is 0 Å². The normalized spacial score (nSPS) is 36.4. The van der Waals surface area contributed by atoms with Crippen molar-refractivity contribution in [2.75, 3.05) is 13.1 Å². The number of hydrogen-bond donors (Lipinski definition) is 1. The van der Waals surface area contributed by atoms with Gasteiger partial charge >= 0.3 is 0 Å². The zero-order valence-electron chi connectivity index (χ0n) is 7.55. The van der Waals surface area contributed by atoms with Crippen LogP contribution in [0, 0.1) is 0 Å². The second-order valence-corrected chi connectivity index (χ2v) is 3.87. The topological polar surface area (TPSA) is 32.3 Å². The molecular weight excluding hydrogens is 152 g/mol. The Balaban J connectivity index is 2.12. The summed E-state index contributed by atoms with van der Waals surface area (Å²) in [7, 11) is 0. The van der Waals surface area contributed by atoms with Gasteiger partial charge in [-0.05, 0) is 26.2 Å². The summed E-state index contributed by atoms with van der Waals surface area (Å²) >= 11 is 0.